The van der Waals surface area contributed by atoms with E-state index in [2.05, 4.69) is 10.1 Å². The number of benzene rings is 1. The Hall–Kier alpha value is -1.40. The molecule has 1 fully saturated rings. The van der Waals surface area contributed by atoms with Crippen molar-refractivity contribution >= 4 is 24.0 Å². The lowest BCUT2D eigenvalue weighted by Gasteiger charge is -2.25. The van der Waals surface area contributed by atoms with Crippen molar-refractivity contribution in [2.75, 3.05) is 11.9 Å². The zero-order valence-corrected chi connectivity index (χ0v) is 12.3. The Morgan fingerprint density at radius 3 is 2.33 bits per heavy atom. The zero-order chi connectivity index (χ0) is 14.6. The van der Waals surface area contributed by atoms with E-state index in [1.807, 2.05) is 0 Å². The van der Waals surface area contributed by atoms with E-state index in [0.717, 1.165) is 25.7 Å². The number of ether oxygens (including phenoxy) is 1. The van der Waals surface area contributed by atoms with Gasteiger partial charge in [0.2, 0.25) is 5.91 Å². The third-order valence-corrected chi connectivity index (χ3v) is 3.77. The van der Waals surface area contributed by atoms with Gasteiger partial charge in [-0.2, -0.15) is 8.78 Å². The molecule has 7 heteroatoms. The van der Waals surface area contributed by atoms with Crippen LogP contribution in [0.25, 0.3) is 0 Å². The number of halogens is 3. The summed E-state index contributed by atoms with van der Waals surface area (Å²) >= 11 is 0. The number of rotatable bonds is 5. The van der Waals surface area contributed by atoms with Crippen molar-refractivity contribution in [3.8, 4) is 5.75 Å². The van der Waals surface area contributed by atoms with E-state index < -0.39 is 12.0 Å². The highest BCUT2D eigenvalue weighted by atomic mass is 35.5. The molecule has 1 aromatic rings. The number of amides is 1. The van der Waals surface area contributed by atoms with Gasteiger partial charge in [-0.1, -0.05) is 12.8 Å². The molecular weight excluding hydrogens is 302 g/mol. The van der Waals surface area contributed by atoms with Gasteiger partial charge in [0.05, 0.1) is 5.41 Å². The Balaban J connectivity index is 0.00000220. The molecule has 0 atom stereocenters. The topological polar surface area (TPSA) is 64.4 Å². The van der Waals surface area contributed by atoms with Crippen molar-refractivity contribution in [1.82, 2.24) is 0 Å². The number of carbonyl (C=O) groups is 1. The normalized spacial score (nSPS) is 16.4. The number of nitrogens with two attached hydrogens (primary N) is 1. The van der Waals surface area contributed by atoms with Gasteiger partial charge < -0.3 is 15.8 Å². The van der Waals surface area contributed by atoms with E-state index in [1.54, 1.807) is 0 Å². The molecule has 0 spiro atoms. The molecule has 118 valence electrons. The summed E-state index contributed by atoms with van der Waals surface area (Å²) < 4.78 is 28.3. The van der Waals surface area contributed by atoms with Crippen LogP contribution >= 0.6 is 12.4 Å². The molecule has 0 radical (unpaired) electrons. The number of hydrogen-bond acceptors (Lipinski definition) is 3. The van der Waals surface area contributed by atoms with Crippen LogP contribution in [0.4, 0.5) is 14.5 Å². The van der Waals surface area contributed by atoms with Crippen molar-refractivity contribution < 1.29 is 18.3 Å². The Bertz CT molecular complexity index is 463. The van der Waals surface area contributed by atoms with Gasteiger partial charge in [-0.3, -0.25) is 4.79 Å². The van der Waals surface area contributed by atoms with Gasteiger partial charge in [-0.25, -0.2) is 0 Å². The molecular formula is C14H19ClF2N2O2. The highest BCUT2D eigenvalue weighted by Crippen LogP contribution is 2.38. The molecule has 21 heavy (non-hydrogen) atoms. The summed E-state index contributed by atoms with van der Waals surface area (Å²) in [4.78, 5) is 12.3. The van der Waals surface area contributed by atoms with Gasteiger partial charge in [0.15, 0.2) is 0 Å². The van der Waals surface area contributed by atoms with Crippen LogP contribution in [0.1, 0.15) is 25.7 Å². The average molecular weight is 321 g/mol. The van der Waals surface area contributed by atoms with Crippen molar-refractivity contribution in [3.05, 3.63) is 24.3 Å². The van der Waals surface area contributed by atoms with E-state index >= 15 is 0 Å². The minimum absolute atomic E-state index is 0. The Morgan fingerprint density at radius 2 is 1.86 bits per heavy atom. The maximum Gasteiger partial charge on any atom is 0.387 e. The molecule has 0 heterocycles. The van der Waals surface area contributed by atoms with E-state index in [9.17, 15) is 13.6 Å². The average Bonchev–Trinajstić information content (AvgIpc) is 2.90. The predicted octanol–water partition coefficient (Wildman–Crippen LogP) is 3.17. The van der Waals surface area contributed by atoms with Crippen LogP contribution in [0.15, 0.2) is 24.3 Å². The summed E-state index contributed by atoms with van der Waals surface area (Å²) in [5, 5.41) is 2.79. The SMILES string of the molecule is Cl.NCC1(C(=O)Nc2ccc(OC(F)F)cc2)CCCC1. The standard InChI is InChI=1S/C14H18F2N2O2.ClH/c15-13(16)20-11-5-3-10(4-6-11)18-12(19)14(9-17)7-1-2-8-14;/h3-6,13H,1-2,7-9,17H2,(H,18,19);1H. The van der Waals surface area contributed by atoms with E-state index in [0.29, 0.717) is 12.2 Å². The lowest BCUT2D eigenvalue weighted by molar-refractivity contribution is -0.124. The molecule has 1 amide bonds. The van der Waals surface area contributed by atoms with Crippen LogP contribution in [0, 0.1) is 5.41 Å². The number of hydrogen-bond donors (Lipinski definition) is 2. The molecule has 1 aliphatic carbocycles. The molecule has 2 rings (SSSR count). The maximum absolute atomic E-state index is 12.3. The molecule has 1 aliphatic rings. The molecule has 1 saturated carbocycles. The molecule has 0 saturated heterocycles. The first-order chi connectivity index (χ1) is 9.55. The third kappa shape index (κ3) is 4.28. The minimum atomic E-state index is -2.85. The summed E-state index contributed by atoms with van der Waals surface area (Å²) in [6.07, 6.45) is 3.60. The number of anilines is 1. The van der Waals surface area contributed by atoms with Crippen molar-refractivity contribution in [1.29, 1.82) is 0 Å². The summed E-state index contributed by atoms with van der Waals surface area (Å²) in [5.74, 6) is -0.0348. The van der Waals surface area contributed by atoms with Gasteiger partial charge in [0.25, 0.3) is 0 Å². The fourth-order valence-electron chi connectivity index (χ4n) is 2.56. The van der Waals surface area contributed by atoms with Crippen LogP contribution in [0.5, 0.6) is 5.75 Å². The van der Waals surface area contributed by atoms with E-state index in [4.69, 9.17) is 5.73 Å². The van der Waals surface area contributed by atoms with E-state index in [-0.39, 0.29) is 24.1 Å². The molecule has 0 aromatic heterocycles. The van der Waals surface area contributed by atoms with E-state index in [1.165, 1.54) is 24.3 Å². The van der Waals surface area contributed by atoms with Crippen molar-refractivity contribution in [2.24, 2.45) is 11.1 Å². The lowest BCUT2D eigenvalue weighted by Crippen LogP contribution is -2.40. The molecule has 4 nitrogen and oxygen atoms in total. The smallest absolute Gasteiger partial charge is 0.387 e. The fraction of sp³-hybridized carbons (Fsp3) is 0.500. The van der Waals surface area contributed by atoms with Gasteiger partial charge in [-0.15, -0.1) is 12.4 Å². The minimum Gasteiger partial charge on any atom is -0.435 e. The number of alkyl halides is 2. The van der Waals surface area contributed by atoms with Crippen LogP contribution in [0.2, 0.25) is 0 Å². The van der Waals surface area contributed by atoms with Gasteiger partial charge in [0.1, 0.15) is 5.75 Å². The number of nitrogens with one attached hydrogen (secondary N) is 1. The van der Waals surface area contributed by atoms with Crippen LogP contribution < -0.4 is 15.8 Å². The summed E-state index contributed by atoms with van der Waals surface area (Å²) in [6.45, 7) is -2.53. The molecule has 0 bridgehead atoms. The lowest BCUT2D eigenvalue weighted by atomic mass is 9.85. The largest absolute Gasteiger partial charge is 0.435 e. The molecule has 1 aromatic carbocycles. The summed E-state index contributed by atoms with van der Waals surface area (Å²) in [7, 11) is 0. The molecule has 3 N–H and O–H groups in total. The summed E-state index contributed by atoms with van der Waals surface area (Å²) in [6, 6.07) is 5.86. The summed E-state index contributed by atoms with van der Waals surface area (Å²) in [5.41, 5.74) is 5.80. The molecule has 0 unspecified atom stereocenters. The van der Waals surface area contributed by atoms with Gasteiger partial charge >= 0.3 is 6.61 Å². The van der Waals surface area contributed by atoms with Gasteiger partial charge in [-0.05, 0) is 37.1 Å². The van der Waals surface area contributed by atoms with Gasteiger partial charge in [0, 0.05) is 12.2 Å². The molecule has 0 aliphatic heterocycles. The quantitative estimate of drug-likeness (QED) is 0.876. The number of carbonyl (C=O) groups excluding carboxylic acids is 1. The Morgan fingerprint density at radius 1 is 1.29 bits per heavy atom. The monoisotopic (exact) mass is 320 g/mol. The van der Waals surface area contributed by atoms with Crippen LogP contribution in [-0.4, -0.2) is 19.1 Å². The zero-order valence-electron chi connectivity index (χ0n) is 11.5. The van der Waals surface area contributed by atoms with Crippen LogP contribution in [0.3, 0.4) is 0 Å². The second-order valence-electron chi connectivity index (χ2n) is 5.05. The van der Waals surface area contributed by atoms with Crippen molar-refractivity contribution in [2.45, 2.75) is 32.3 Å². The first kappa shape index (κ1) is 17.7. The first-order valence-electron chi connectivity index (χ1n) is 6.62. The highest BCUT2D eigenvalue weighted by Gasteiger charge is 2.39. The third-order valence-electron chi connectivity index (χ3n) is 3.77. The maximum atomic E-state index is 12.3. The van der Waals surface area contributed by atoms with Crippen LogP contribution in [-0.2, 0) is 4.79 Å². The second kappa shape index (κ2) is 7.56. The highest BCUT2D eigenvalue weighted by molar-refractivity contribution is 5.95. The fourth-order valence-corrected chi connectivity index (χ4v) is 2.56. The Kier molecular flexibility index (Phi) is 6.36. The van der Waals surface area contributed by atoms with Crippen molar-refractivity contribution in [3.63, 3.8) is 0 Å². The first-order valence-corrected chi connectivity index (χ1v) is 6.62. The predicted molar refractivity (Wildman–Crippen MR) is 78.9 cm³/mol. The Labute approximate surface area is 128 Å². The second-order valence-corrected chi connectivity index (χ2v) is 5.05.